The molecule has 28 heavy (non-hydrogen) atoms. The SMILES string of the molecule is CNc1nc(Nc2c(C)cccc2C)cc(-c2cccc(OC(F)(F)F)c2)n1. The summed E-state index contributed by atoms with van der Waals surface area (Å²) in [7, 11) is 1.67. The van der Waals surface area contributed by atoms with Crippen LogP contribution in [0.25, 0.3) is 11.3 Å². The molecule has 0 fully saturated rings. The number of rotatable bonds is 5. The van der Waals surface area contributed by atoms with Crippen LogP contribution < -0.4 is 15.4 Å². The van der Waals surface area contributed by atoms with E-state index in [1.165, 1.54) is 18.2 Å². The molecule has 3 rings (SSSR count). The summed E-state index contributed by atoms with van der Waals surface area (Å²) in [6.45, 7) is 3.96. The lowest BCUT2D eigenvalue weighted by molar-refractivity contribution is -0.274. The van der Waals surface area contributed by atoms with E-state index in [1.54, 1.807) is 19.2 Å². The van der Waals surface area contributed by atoms with Crippen molar-refractivity contribution in [2.75, 3.05) is 17.7 Å². The Labute approximate surface area is 160 Å². The molecule has 0 saturated carbocycles. The van der Waals surface area contributed by atoms with E-state index in [1.807, 2.05) is 32.0 Å². The number of nitrogens with one attached hydrogen (secondary N) is 2. The highest BCUT2D eigenvalue weighted by atomic mass is 19.4. The van der Waals surface area contributed by atoms with Gasteiger partial charge in [0.05, 0.1) is 5.69 Å². The average molecular weight is 388 g/mol. The van der Waals surface area contributed by atoms with Gasteiger partial charge in [-0.05, 0) is 37.1 Å². The third kappa shape index (κ3) is 4.70. The van der Waals surface area contributed by atoms with Crippen LogP contribution in [0.5, 0.6) is 5.75 Å². The molecule has 0 radical (unpaired) electrons. The summed E-state index contributed by atoms with van der Waals surface area (Å²) >= 11 is 0. The van der Waals surface area contributed by atoms with E-state index in [-0.39, 0.29) is 5.75 Å². The number of aromatic nitrogens is 2. The fraction of sp³-hybridized carbons (Fsp3) is 0.200. The first-order valence-corrected chi connectivity index (χ1v) is 8.51. The molecule has 0 aliphatic rings. The maximum Gasteiger partial charge on any atom is 0.573 e. The molecule has 3 aromatic rings. The summed E-state index contributed by atoms with van der Waals surface area (Å²) in [5, 5.41) is 6.15. The molecule has 2 N–H and O–H groups in total. The summed E-state index contributed by atoms with van der Waals surface area (Å²) in [5.41, 5.74) is 3.95. The van der Waals surface area contributed by atoms with Gasteiger partial charge >= 0.3 is 6.36 Å². The standard InChI is InChI=1S/C20H19F3N4O/c1-12-6-4-7-13(2)18(12)26-17-11-16(25-19(24-3)27-17)14-8-5-9-15(10-14)28-20(21,22)23/h4-11H,1-3H3,(H2,24,25,26,27). The second-order valence-corrected chi connectivity index (χ2v) is 6.18. The van der Waals surface area contributed by atoms with Crippen LogP contribution in [0.3, 0.4) is 0 Å². The Bertz CT molecular complexity index is 969. The first-order chi connectivity index (χ1) is 13.2. The zero-order valence-corrected chi connectivity index (χ0v) is 15.6. The van der Waals surface area contributed by atoms with Gasteiger partial charge in [-0.2, -0.15) is 4.98 Å². The van der Waals surface area contributed by atoms with Crippen molar-refractivity contribution in [2.24, 2.45) is 0 Å². The molecule has 5 nitrogen and oxygen atoms in total. The number of alkyl halides is 3. The van der Waals surface area contributed by atoms with Crippen LogP contribution in [0.2, 0.25) is 0 Å². The number of anilines is 3. The van der Waals surface area contributed by atoms with Crippen molar-refractivity contribution in [3.63, 3.8) is 0 Å². The van der Waals surface area contributed by atoms with Gasteiger partial charge < -0.3 is 15.4 Å². The zero-order valence-electron chi connectivity index (χ0n) is 15.6. The third-order valence-corrected chi connectivity index (χ3v) is 4.05. The Morgan fingerprint density at radius 3 is 2.25 bits per heavy atom. The predicted octanol–water partition coefficient (Wildman–Crippen LogP) is 5.44. The van der Waals surface area contributed by atoms with E-state index in [4.69, 9.17) is 0 Å². The van der Waals surface area contributed by atoms with Crippen LogP contribution in [0.1, 0.15) is 11.1 Å². The molecule has 146 valence electrons. The fourth-order valence-corrected chi connectivity index (χ4v) is 2.76. The Balaban J connectivity index is 1.99. The van der Waals surface area contributed by atoms with Crippen molar-refractivity contribution < 1.29 is 17.9 Å². The summed E-state index contributed by atoms with van der Waals surface area (Å²) in [6.07, 6.45) is -4.75. The lowest BCUT2D eigenvalue weighted by Gasteiger charge is -2.14. The van der Waals surface area contributed by atoms with Crippen molar-refractivity contribution in [1.29, 1.82) is 0 Å². The van der Waals surface area contributed by atoms with Crippen molar-refractivity contribution >= 4 is 17.5 Å². The van der Waals surface area contributed by atoms with Gasteiger partial charge in [0.15, 0.2) is 0 Å². The predicted molar refractivity (Wildman–Crippen MR) is 103 cm³/mol. The minimum absolute atomic E-state index is 0.307. The lowest BCUT2D eigenvalue weighted by Crippen LogP contribution is -2.17. The van der Waals surface area contributed by atoms with E-state index in [2.05, 4.69) is 25.3 Å². The molecule has 0 amide bonds. The normalized spacial score (nSPS) is 11.2. The highest BCUT2D eigenvalue weighted by Crippen LogP contribution is 2.30. The minimum Gasteiger partial charge on any atom is -0.406 e. The summed E-state index contributed by atoms with van der Waals surface area (Å²) in [6, 6.07) is 13.3. The second-order valence-electron chi connectivity index (χ2n) is 6.18. The van der Waals surface area contributed by atoms with E-state index >= 15 is 0 Å². The van der Waals surface area contributed by atoms with Crippen LogP contribution in [0, 0.1) is 13.8 Å². The molecule has 1 aromatic heterocycles. The summed E-state index contributed by atoms with van der Waals surface area (Å²) in [4.78, 5) is 8.74. The van der Waals surface area contributed by atoms with Crippen LogP contribution in [-0.4, -0.2) is 23.4 Å². The van der Waals surface area contributed by atoms with Crippen molar-refractivity contribution in [1.82, 2.24) is 9.97 Å². The average Bonchev–Trinajstić information content (AvgIpc) is 2.63. The summed E-state index contributed by atoms with van der Waals surface area (Å²) in [5.74, 6) is 0.557. The van der Waals surface area contributed by atoms with Crippen LogP contribution in [-0.2, 0) is 0 Å². The second kappa shape index (κ2) is 7.75. The fourth-order valence-electron chi connectivity index (χ4n) is 2.76. The van der Waals surface area contributed by atoms with Crippen LogP contribution in [0.4, 0.5) is 30.6 Å². The molecule has 2 aromatic carbocycles. The van der Waals surface area contributed by atoms with Crippen LogP contribution in [0.15, 0.2) is 48.5 Å². The number of hydrogen-bond donors (Lipinski definition) is 2. The minimum atomic E-state index is -4.75. The molecule has 0 saturated heterocycles. The quantitative estimate of drug-likeness (QED) is 0.609. The van der Waals surface area contributed by atoms with Gasteiger partial charge in [0, 0.05) is 24.4 Å². The third-order valence-electron chi connectivity index (χ3n) is 4.05. The highest BCUT2D eigenvalue weighted by Gasteiger charge is 2.31. The largest absolute Gasteiger partial charge is 0.573 e. The topological polar surface area (TPSA) is 59.1 Å². The van der Waals surface area contributed by atoms with Gasteiger partial charge in [-0.1, -0.05) is 30.3 Å². The Morgan fingerprint density at radius 2 is 1.61 bits per heavy atom. The molecule has 0 spiro atoms. The first kappa shape index (κ1) is 19.5. The Morgan fingerprint density at radius 1 is 0.929 bits per heavy atom. The lowest BCUT2D eigenvalue weighted by atomic mass is 10.1. The number of aryl methyl sites for hydroxylation is 2. The zero-order chi connectivity index (χ0) is 20.3. The molecule has 0 aliphatic heterocycles. The van der Waals surface area contributed by atoms with E-state index in [0.717, 1.165) is 16.8 Å². The number of halogens is 3. The van der Waals surface area contributed by atoms with Gasteiger partial charge in [0.2, 0.25) is 5.95 Å². The molecule has 0 unspecified atom stereocenters. The summed E-state index contributed by atoms with van der Waals surface area (Å²) < 4.78 is 41.5. The molecular formula is C20H19F3N4O. The molecule has 8 heteroatoms. The molecule has 0 aliphatic carbocycles. The maximum atomic E-state index is 12.5. The van der Waals surface area contributed by atoms with E-state index < -0.39 is 6.36 Å². The van der Waals surface area contributed by atoms with Crippen molar-refractivity contribution in [2.45, 2.75) is 20.2 Å². The number of nitrogens with zero attached hydrogens (tertiary/aromatic N) is 2. The van der Waals surface area contributed by atoms with Gasteiger partial charge in [-0.3, -0.25) is 0 Å². The Hall–Kier alpha value is -3.29. The number of para-hydroxylation sites is 1. The monoisotopic (exact) mass is 388 g/mol. The molecule has 1 heterocycles. The molecular weight excluding hydrogens is 369 g/mol. The maximum absolute atomic E-state index is 12.5. The van der Waals surface area contributed by atoms with Gasteiger partial charge in [0.25, 0.3) is 0 Å². The van der Waals surface area contributed by atoms with E-state index in [0.29, 0.717) is 23.0 Å². The van der Waals surface area contributed by atoms with Crippen molar-refractivity contribution in [3.05, 3.63) is 59.7 Å². The number of ether oxygens (including phenoxy) is 1. The van der Waals surface area contributed by atoms with Crippen molar-refractivity contribution in [3.8, 4) is 17.0 Å². The van der Waals surface area contributed by atoms with Gasteiger partial charge in [-0.15, -0.1) is 13.2 Å². The number of hydrogen-bond acceptors (Lipinski definition) is 5. The van der Waals surface area contributed by atoms with Crippen LogP contribution >= 0.6 is 0 Å². The first-order valence-electron chi connectivity index (χ1n) is 8.51. The highest BCUT2D eigenvalue weighted by molar-refractivity contribution is 5.70. The van der Waals surface area contributed by atoms with Gasteiger partial charge in [0.1, 0.15) is 11.6 Å². The smallest absolute Gasteiger partial charge is 0.406 e. The Kier molecular flexibility index (Phi) is 5.39. The molecule has 0 bridgehead atoms. The number of benzene rings is 2. The van der Waals surface area contributed by atoms with Gasteiger partial charge in [-0.25, -0.2) is 4.98 Å². The molecule has 0 atom stereocenters. The van der Waals surface area contributed by atoms with E-state index in [9.17, 15) is 13.2 Å².